The van der Waals surface area contributed by atoms with Crippen LogP contribution in [0.15, 0.2) is 29.1 Å². The van der Waals surface area contributed by atoms with Crippen molar-refractivity contribution in [2.75, 3.05) is 46.3 Å². The van der Waals surface area contributed by atoms with Crippen molar-refractivity contribution >= 4 is 22.3 Å². The largest absolute Gasteiger partial charge is 0.354 e. The highest BCUT2D eigenvalue weighted by Crippen LogP contribution is 2.20. The Bertz CT molecular complexity index is 1120. The fraction of sp³-hybridized carbons (Fsp3) is 0.500. The predicted octanol–water partition coefficient (Wildman–Crippen LogP) is 1.02. The minimum Gasteiger partial charge on any atom is -0.354 e. The Morgan fingerprint density at radius 2 is 1.87 bits per heavy atom. The summed E-state index contributed by atoms with van der Waals surface area (Å²) in [6, 6.07) is 7.96. The number of amides is 1. The zero-order valence-electron chi connectivity index (χ0n) is 18.0. The van der Waals surface area contributed by atoms with Gasteiger partial charge in [-0.25, -0.2) is 4.68 Å². The average Bonchev–Trinajstić information content (AvgIpc) is 3.10. The molecular weight excluding hydrogens is 380 g/mol. The monoisotopic (exact) mass is 410 g/mol. The molecule has 1 saturated heterocycles. The van der Waals surface area contributed by atoms with Crippen molar-refractivity contribution in [2.24, 2.45) is 0 Å². The third kappa shape index (κ3) is 4.24. The molecule has 1 aliphatic rings. The maximum absolute atomic E-state index is 12.9. The van der Waals surface area contributed by atoms with E-state index in [1.165, 1.54) is 4.68 Å². The number of hydrogen-bond donors (Lipinski definition) is 1. The number of nitrogens with one attached hydrogen (secondary N) is 1. The van der Waals surface area contributed by atoms with Gasteiger partial charge in [-0.1, -0.05) is 11.6 Å². The third-order valence-electron chi connectivity index (χ3n) is 5.86. The molecule has 2 aromatic heterocycles. The van der Waals surface area contributed by atoms with Gasteiger partial charge in [-0.05, 0) is 52.1 Å². The summed E-state index contributed by atoms with van der Waals surface area (Å²) >= 11 is 0. The number of benzene rings is 1. The zero-order chi connectivity index (χ0) is 21.3. The lowest BCUT2D eigenvalue weighted by atomic mass is 10.2. The molecule has 0 radical (unpaired) electrons. The van der Waals surface area contributed by atoms with Crippen molar-refractivity contribution in [2.45, 2.75) is 26.8 Å². The van der Waals surface area contributed by atoms with Crippen molar-refractivity contribution in [1.82, 2.24) is 29.3 Å². The van der Waals surface area contributed by atoms with E-state index in [9.17, 15) is 9.59 Å². The lowest BCUT2D eigenvalue weighted by Gasteiger charge is -2.32. The molecule has 0 saturated carbocycles. The number of carbonyl (C=O) groups is 1. The molecule has 0 atom stereocenters. The lowest BCUT2D eigenvalue weighted by molar-refractivity contribution is -0.121. The molecule has 3 heterocycles. The minimum absolute atomic E-state index is 0.0643. The molecule has 0 aliphatic carbocycles. The maximum Gasteiger partial charge on any atom is 0.291 e. The molecule has 30 heavy (non-hydrogen) atoms. The van der Waals surface area contributed by atoms with E-state index in [0.717, 1.165) is 55.6 Å². The Morgan fingerprint density at radius 3 is 2.63 bits per heavy atom. The van der Waals surface area contributed by atoms with Crippen LogP contribution in [-0.2, 0) is 11.3 Å². The van der Waals surface area contributed by atoms with E-state index >= 15 is 0 Å². The fourth-order valence-corrected chi connectivity index (χ4v) is 4.14. The quantitative estimate of drug-likeness (QED) is 0.614. The van der Waals surface area contributed by atoms with Crippen LogP contribution in [0.3, 0.4) is 0 Å². The third-order valence-corrected chi connectivity index (χ3v) is 5.86. The van der Waals surface area contributed by atoms with Gasteiger partial charge in [0.25, 0.3) is 5.56 Å². The van der Waals surface area contributed by atoms with Gasteiger partial charge in [0, 0.05) is 38.1 Å². The average molecular weight is 411 g/mol. The number of aryl methyl sites for hydroxylation is 2. The first-order chi connectivity index (χ1) is 14.4. The molecule has 1 N–H and O–H groups in total. The highest BCUT2D eigenvalue weighted by atomic mass is 16.2. The van der Waals surface area contributed by atoms with Crippen LogP contribution >= 0.6 is 0 Å². The van der Waals surface area contributed by atoms with E-state index in [4.69, 9.17) is 0 Å². The SMILES string of the molecule is Cc1ccc2c(c1)cc1c(=O)n(CC(=O)NCCCN3CCN(C)CC3)nc(C)n12. The first kappa shape index (κ1) is 20.6. The van der Waals surface area contributed by atoms with Crippen LogP contribution in [0.5, 0.6) is 0 Å². The Hall–Kier alpha value is -2.71. The second-order valence-corrected chi connectivity index (χ2v) is 8.29. The van der Waals surface area contributed by atoms with Crippen LogP contribution in [0.2, 0.25) is 0 Å². The molecule has 1 fully saturated rings. The first-order valence-corrected chi connectivity index (χ1v) is 10.6. The topological polar surface area (TPSA) is 74.9 Å². The van der Waals surface area contributed by atoms with E-state index in [0.29, 0.717) is 17.9 Å². The fourth-order valence-electron chi connectivity index (χ4n) is 4.14. The van der Waals surface area contributed by atoms with Gasteiger partial charge in [0.05, 0.1) is 5.52 Å². The van der Waals surface area contributed by atoms with Crippen LogP contribution in [0.1, 0.15) is 17.8 Å². The second kappa shape index (κ2) is 8.57. The molecule has 3 aromatic rings. The number of aromatic nitrogens is 3. The molecule has 0 spiro atoms. The van der Waals surface area contributed by atoms with Crippen molar-refractivity contribution < 1.29 is 4.79 Å². The molecular formula is C22H30N6O2. The number of carbonyl (C=O) groups excluding carboxylic acids is 1. The molecule has 160 valence electrons. The van der Waals surface area contributed by atoms with Crippen molar-refractivity contribution in [3.05, 3.63) is 46.0 Å². The summed E-state index contributed by atoms with van der Waals surface area (Å²) in [6.07, 6.45) is 0.902. The summed E-state index contributed by atoms with van der Waals surface area (Å²) in [7, 11) is 2.14. The van der Waals surface area contributed by atoms with Gasteiger partial charge in [-0.2, -0.15) is 5.10 Å². The van der Waals surface area contributed by atoms with Gasteiger partial charge < -0.3 is 15.1 Å². The number of fused-ring (bicyclic) bond motifs is 3. The zero-order valence-corrected chi connectivity index (χ0v) is 18.0. The van der Waals surface area contributed by atoms with E-state index in [1.54, 1.807) is 0 Å². The van der Waals surface area contributed by atoms with E-state index in [2.05, 4.69) is 33.3 Å². The van der Waals surface area contributed by atoms with Crippen molar-refractivity contribution in [3.8, 4) is 0 Å². The Kier molecular flexibility index (Phi) is 5.87. The first-order valence-electron chi connectivity index (χ1n) is 10.6. The van der Waals surface area contributed by atoms with E-state index in [-0.39, 0.29) is 18.0 Å². The number of hydrogen-bond acceptors (Lipinski definition) is 5. The van der Waals surface area contributed by atoms with Gasteiger partial charge in [0.15, 0.2) is 0 Å². The highest BCUT2D eigenvalue weighted by Gasteiger charge is 2.15. The molecule has 0 unspecified atom stereocenters. The minimum atomic E-state index is -0.248. The predicted molar refractivity (Wildman–Crippen MR) is 118 cm³/mol. The maximum atomic E-state index is 12.9. The van der Waals surface area contributed by atoms with Gasteiger partial charge in [0.1, 0.15) is 17.9 Å². The smallest absolute Gasteiger partial charge is 0.291 e. The van der Waals surface area contributed by atoms with Gasteiger partial charge >= 0.3 is 0 Å². The van der Waals surface area contributed by atoms with Crippen LogP contribution in [0, 0.1) is 13.8 Å². The molecule has 8 heteroatoms. The molecule has 1 amide bonds. The summed E-state index contributed by atoms with van der Waals surface area (Å²) in [5.74, 6) is 0.505. The van der Waals surface area contributed by atoms with Crippen LogP contribution < -0.4 is 10.9 Å². The molecule has 1 aromatic carbocycles. The summed E-state index contributed by atoms with van der Waals surface area (Å²) in [5.41, 5.74) is 2.39. The second-order valence-electron chi connectivity index (χ2n) is 8.29. The molecule has 4 rings (SSSR count). The van der Waals surface area contributed by atoms with Crippen molar-refractivity contribution in [3.63, 3.8) is 0 Å². The number of piperazine rings is 1. The van der Waals surface area contributed by atoms with Crippen LogP contribution in [0.25, 0.3) is 16.4 Å². The normalized spacial score (nSPS) is 15.8. The van der Waals surface area contributed by atoms with Crippen LogP contribution in [0.4, 0.5) is 0 Å². The molecule has 8 nitrogen and oxygen atoms in total. The van der Waals surface area contributed by atoms with E-state index in [1.807, 2.05) is 36.4 Å². The number of rotatable bonds is 6. The van der Waals surface area contributed by atoms with Gasteiger partial charge in [0.2, 0.25) is 5.91 Å². The molecule has 1 aliphatic heterocycles. The summed E-state index contributed by atoms with van der Waals surface area (Å²) < 4.78 is 3.13. The van der Waals surface area contributed by atoms with Gasteiger partial charge in [-0.15, -0.1) is 0 Å². The van der Waals surface area contributed by atoms with E-state index < -0.39 is 0 Å². The van der Waals surface area contributed by atoms with Crippen molar-refractivity contribution in [1.29, 1.82) is 0 Å². The summed E-state index contributed by atoms with van der Waals surface area (Å²) in [5, 5.41) is 8.32. The standard InChI is InChI=1S/C22H30N6O2/c1-16-5-6-19-18(13-16)14-20-22(30)27(24-17(2)28(19)20)15-21(29)23-7-4-8-26-11-9-25(3)10-12-26/h5-6,13-14H,4,7-12,15H2,1-3H3,(H,23,29). The Morgan fingerprint density at radius 1 is 1.10 bits per heavy atom. The Balaban J connectivity index is 1.40. The number of nitrogens with zero attached hydrogens (tertiary/aromatic N) is 5. The highest BCUT2D eigenvalue weighted by molar-refractivity contribution is 5.87. The summed E-state index contributed by atoms with van der Waals surface area (Å²) in [4.78, 5) is 30.1. The summed E-state index contributed by atoms with van der Waals surface area (Å²) in [6.45, 7) is 9.75. The van der Waals surface area contributed by atoms with Gasteiger partial charge in [-0.3, -0.25) is 14.0 Å². The number of likely N-dealkylation sites (N-methyl/N-ethyl adjacent to an activating group) is 1. The molecule has 0 bridgehead atoms. The lowest BCUT2D eigenvalue weighted by Crippen LogP contribution is -2.45. The Labute approximate surface area is 176 Å². The van der Waals surface area contributed by atoms with Crippen LogP contribution in [-0.4, -0.2) is 76.2 Å².